The maximum atomic E-state index is 10.6. The van der Waals surface area contributed by atoms with E-state index in [9.17, 15) is 5.11 Å². The van der Waals surface area contributed by atoms with E-state index < -0.39 is 5.60 Å². The molecule has 0 heterocycles. The summed E-state index contributed by atoms with van der Waals surface area (Å²) in [7, 11) is 0. The molecule has 3 N–H and O–H groups in total. The van der Waals surface area contributed by atoms with E-state index in [0.717, 1.165) is 18.4 Å². The fourth-order valence-corrected chi connectivity index (χ4v) is 2.07. The van der Waals surface area contributed by atoms with Crippen LogP contribution >= 0.6 is 0 Å². The highest BCUT2D eigenvalue weighted by molar-refractivity contribution is 5.22. The summed E-state index contributed by atoms with van der Waals surface area (Å²) in [5.74, 6) is 0. The van der Waals surface area contributed by atoms with Crippen LogP contribution in [0.5, 0.6) is 0 Å². The molecule has 0 aliphatic heterocycles. The van der Waals surface area contributed by atoms with Crippen LogP contribution in [0.3, 0.4) is 0 Å². The lowest BCUT2D eigenvalue weighted by Gasteiger charge is -2.28. The van der Waals surface area contributed by atoms with Crippen molar-refractivity contribution in [2.75, 3.05) is 6.54 Å². The Morgan fingerprint density at radius 3 is 2.38 bits per heavy atom. The van der Waals surface area contributed by atoms with Gasteiger partial charge in [0.1, 0.15) is 0 Å². The van der Waals surface area contributed by atoms with Gasteiger partial charge in [-0.1, -0.05) is 56.5 Å². The second-order valence-electron chi connectivity index (χ2n) is 4.39. The van der Waals surface area contributed by atoms with E-state index in [2.05, 4.69) is 6.92 Å². The van der Waals surface area contributed by atoms with Crippen LogP contribution < -0.4 is 5.73 Å². The molecule has 0 saturated carbocycles. The number of unbranched alkanes of at least 4 members (excludes halogenated alkanes) is 2. The molecule has 0 aromatic heterocycles. The van der Waals surface area contributed by atoms with Gasteiger partial charge >= 0.3 is 0 Å². The van der Waals surface area contributed by atoms with Crippen molar-refractivity contribution < 1.29 is 5.11 Å². The first-order valence-corrected chi connectivity index (χ1v) is 6.21. The Bertz CT molecular complexity index is 286. The number of hydrogen-bond acceptors (Lipinski definition) is 2. The molecular weight excluding hydrogens is 198 g/mol. The molecule has 90 valence electrons. The van der Waals surface area contributed by atoms with Crippen molar-refractivity contribution in [2.45, 2.75) is 44.6 Å². The molecule has 1 unspecified atom stereocenters. The molecular formula is C14H23NO. The lowest BCUT2D eigenvalue weighted by atomic mass is 9.85. The van der Waals surface area contributed by atoms with Crippen molar-refractivity contribution in [1.29, 1.82) is 0 Å². The van der Waals surface area contributed by atoms with Crippen molar-refractivity contribution in [1.82, 2.24) is 0 Å². The molecule has 0 amide bonds. The van der Waals surface area contributed by atoms with E-state index in [4.69, 9.17) is 5.73 Å². The topological polar surface area (TPSA) is 46.2 Å². The van der Waals surface area contributed by atoms with Gasteiger partial charge in [0.2, 0.25) is 0 Å². The predicted octanol–water partition coefficient (Wildman–Crippen LogP) is 2.80. The molecule has 16 heavy (non-hydrogen) atoms. The van der Waals surface area contributed by atoms with Crippen molar-refractivity contribution in [3.63, 3.8) is 0 Å². The van der Waals surface area contributed by atoms with Crippen molar-refractivity contribution in [3.05, 3.63) is 35.9 Å². The lowest BCUT2D eigenvalue weighted by molar-refractivity contribution is 0.0184. The third-order valence-electron chi connectivity index (χ3n) is 3.06. The van der Waals surface area contributed by atoms with E-state index in [-0.39, 0.29) is 0 Å². The largest absolute Gasteiger partial charge is 0.385 e. The standard InChI is InChI=1S/C14H23NO/c1-2-3-7-10-14(16,11-12-15)13-8-5-4-6-9-13/h4-6,8-9,16H,2-3,7,10-12,15H2,1H3. The van der Waals surface area contributed by atoms with E-state index in [1.165, 1.54) is 12.8 Å². The smallest absolute Gasteiger partial charge is 0.0908 e. The van der Waals surface area contributed by atoms with Crippen LogP contribution in [0.4, 0.5) is 0 Å². The van der Waals surface area contributed by atoms with Gasteiger partial charge in [0.05, 0.1) is 5.60 Å². The molecule has 0 spiro atoms. The first kappa shape index (κ1) is 13.2. The first-order valence-electron chi connectivity index (χ1n) is 6.21. The highest BCUT2D eigenvalue weighted by Crippen LogP contribution is 2.30. The summed E-state index contributed by atoms with van der Waals surface area (Å²) < 4.78 is 0. The summed E-state index contributed by atoms with van der Waals surface area (Å²) >= 11 is 0. The fourth-order valence-electron chi connectivity index (χ4n) is 2.07. The van der Waals surface area contributed by atoms with E-state index in [1.807, 2.05) is 30.3 Å². The Morgan fingerprint density at radius 2 is 1.81 bits per heavy atom. The van der Waals surface area contributed by atoms with E-state index in [1.54, 1.807) is 0 Å². The van der Waals surface area contributed by atoms with E-state index >= 15 is 0 Å². The second kappa shape index (κ2) is 6.66. The van der Waals surface area contributed by atoms with Gasteiger partial charge in [-0.25, -0.2) is 0 Å². The summed E-state index contributed by atoms with van der Waals surface area (Å²) in [5, 5.41) is 10.6. The second-order valence-corrected chi connectivity index (χ2v) is 4.39. The molecule has 1 rings (SSSR count). The molecule has 1 atom stereocenters. The highest BCUT2D eigenvalue weighted by atomic mass is 16.3. The van der Waals surface area contributed by atoms with Crippen molar-refractivity contribution in [2.24, 2.45) is 5.73 Å². The normalized spacial score (nSPS) is 14.7. The molecule has 0 aliphatic carbocycles. The van der Waals surface area contributed by atoms with E-state index in [0.29, 0.717) is 13.0 Å². The van der Waals surface area contributed by atoms with Crippen LogP contribution in [0.1, 0.15) is 44.6 Å². The SMILES string of the molecule is CCCCCC(O)(CCN)c1ccccc1. The fraction of sp³-hybridized carbons (Fsp3) is 0.571. The lowest BCUT2D eigenvalue weighted by Crippen LogP contribution is -2.28. The number of hydrogen-bond donors (Lipinski definition) is 2. The van der Waals surface area contributed by atoms with Crippen molar-refractivity contribution in [3.8, 4) is 0 Å². The van der Waals surface area contributed by atoms with Gasteiger partial charge in [-0.3, -0.25) is 0 Å². The summed E-state index contributed by atoms with van der Waals surface area (Å²) in [6, 6.07) is 9.88. The zero-order valence-corrected chi connectivity index (χ0v) is 10.2. The average molecular weight is 221 g/mol. The third kappa shape index (κ3) is 3.62. The van der Waals surface area contributed by atoms with Gasteiger partial charge in [-0.05, 0) is 24.9 Å². The molecule has 0 fully saturated rings. The molecule has 0 radical (unpaired) electrons. The zero-order valence-electron chi connectivity index (χ0n) is 10.2. The Morgan fingerprint density at radius 1 is 1.12 bits per heavy atom. The molecule has 0 aliphatic rings. The minimum Gasteiger partial charge on any atom is -0.385 e. The molecule has 0 saturated heterocycles. The van der Waals surface area contributed by atoms with Crippen LogP contribution in [-0.4, -0.2) is 11.7 Å². The van der Waals surface area contributed by atoms with Gasteiger partial charge in [-0.2, -0.15) is 0 Å². The van der Waals surface area contributed by atoms with Crippen LogP contribution in [0, 0.1) is 0 Å². The van der Waals surface area contributed by atoms with Gasteiger partial charge < -0.3 is 10.8 Å². The summed E-state index contributed by atoms with van der Waals surface area (Å²) in [4.78, 5) is 0. The van der Waals surface area contributed by atoms with Gasteiger partial charge in [0.15, 0.2) is 0 Å². The summed E-state index contributed by atoms with van der Waals surface area (Å²) in [6.45, 7) is 2.70. The van der Waals surface area contributed by atoms with Crippen LogP contribution in [0.15, 0.2) is 30.3 Å². The minimum absolute atomic E-state index is 0.525. The molecule has 1 aromatic rings. The number of benzene rings is 1. The first-order chi connectivity index (χ1) is 7.73. The number of aliphatic hydroxyl groups is 1. The Balaban J connectivity index is 2.71. The van der Waals surface area contributed by atoms with Crippen LogP contribution in [0.2, 0.25) is 0 Å². The molecule has 1 aromatic carbocycles. The highest BCUT2D eigenvalue weighted by Gasteiger charge is 2.27. The number of rotatable bonds is 7. The predicted molar refractivity (Wildman–Crippen MR) is 68.2 cm³/mol. The number of nitrogens with two attached hydrogens (primary N) is 1. The van der Waals surface area contributed by atoms with Gasteiger partial charge in [0, 0.05) is 0 Å². The Labute approximate surface area is 98.5 Å². The molecule has 2 nitrogen and oxygen atoms in total. The monoisotopic (exact) mass is 221 g/mol. The summed E-state index contributed by atoms with van der Waals surface area (Å²) in [5.41, 5.74) is 5.86. The Hall–Kier alpha value is -0.860. The Kier molecular flexibility index (Phi) is 5.50. The quantitative estimate of drug-likeness (QED) is 0.695. The minimum atomic E-state index is -0.731. The van der Waals surface area contributed by atoms with Crippen molar-refractivity contribution >= 4 is 0 Å². The maximum absolute atomic E-state index is 10.6. The van der Waals surface area contributed by atoms with Gasteiger partial charge in [-0.15, -0.1) is 0 Å². The molecule has 0 bridgehead atoms. The van der Waals surface area contributed by atoms with Gasteiger partial charge in [0.25, 0.3) is 0 Å². The third-order valence-corrected chi connectivity index (χ3v) is 3.06. The van der Waals surface area contributed by atoms with Crippen LogP contribution in [0.25, 0.3) is 0 Å². The van der Waals surface area contributed by atoms with Crippen LogP contribution in [-0.2, 0) is 5.60 Å². The maximum Gasteiger partial charge on any atom is 0.0908 e. The summed E-state index contributed by atoms with van der Waals surface area (Å²) in [6.07, 6.45) is 4.85. The average Bonchev–Trinajstić information content (AvgIpc) is 2.31. The molecule has 2 heteroatoms. The zero-order chi connectivity index (χ0) is 11.9.